The van der Waals surface area contributed by atoms with Gasteiger partial charge in [0, 0.05) is 13.0 Å². The smallest absolute Gasteiger partial charge is 0.231 e. The highest BCUT2D eigenvalue weighted by atomic mass is 16.5. The molecule has 0 heterocycles. The highest BCUT2D eigenvalue weighted by molar-refractivity contribution is 5.97. The highest BCUT2D eigenvalue weighted by Crippen LogP contribution is 2.28. The van der Waals surface area contributed by atoms with Crippen LogP contribution >= 0.6 is 0 Å². The molecule has 0 bridgehead atoms. The van der Waals surface area contributed by atoms with Crippen LogP contribution in [0.2, 0.25) is 0 Å². The first-order chi connectivity index (χ1) is 14.3. The second-order valence-corrected chi connectivity index (χ2v) is 8.16. The van der Waals surface area contributed by atoms with Crippen LogP contribution < -0.4 is 25.8 Å². The van der Waals surface area contributed by atoms with Crippen molar-refractivity contribution in [1.29, 1.82) is 0 Å². The summed E-state index contributed by atoms with van der Waals surface area (Å²) < 4.78 is 10.5. The SMILES string of the molecule is COc1ccc(CC(=O)NC(N)=N[C@@H](CC(=O)NCC2CC2)CC(C)C)cc1OC. The molecule has 0 saturated heterocycles. The molecule has 8 nitrogen and oxygen atoms in total. The van der Waals surface area contributed by atoms with Gasteiger partial charge in [-0.2, -0.15) is 0 Å². The van der Waals surface area contributed by atoms with Crippen molar-refractivity contribution in [3.63, 3.8) is 0 Å². The molecule has 166 valence electrons. The van der Waals surface area contributed by atoms with Crippen molar-refractivity contribution >= 4 is 17.8 Å². The topological polar surface area (TPSA) is 115 Å². The molecule has 1 atom stereocenters. The lowest BCUT2D eigenvalue weighted by Gasteiger charge is -2.16. The van der Waals surface area contributed by atoms with Gasteiger partial charge >= 0.3 is 0 Å². The van der Waals surface area contributed by atoms with Gasteiger partial charge in [0.05, 0.1) is 26.7 Å². The van der Waals surface area contributed by atoms with Gasteiger partial charge in [0.1, 0.15) is 0 Å². The van der Waals surface area contributed by atoms with E-state index in [1.54, 1.807) is 32.4 Å². The van der Waals surface area contributed by atoms with Crippen LogP contribution in [0.15, 0.2) is 23.2 Å². The van der Waals surface area contributed by atoms with Gasteiger partial charge in [-0.15, -0.1) is 0 Å². The molecular weight excluding hydrogens is 384 g/mol. The average Bonchev–Trinajstić information content (AvgIpc) is 3.49. The molecule has 0 spiro atoms. The van der Waals surface area contributed by atoms with Crippen molar-refractivity contribution in [1.82, 2.24) is 10.6 Å². The van der Waals surface area contributed by atoms with Crippen LogP contribution in [0, 0.1) is 11.8 Å². The second kappa shape index (κ2) is 11.4. The number of hydrogen-bond acceptors (Lipinski definition) is 5. The van der Waals surface area contributed by atoms with E-state index in [0.29, 0.717) is 29.8 Å². The Morgan fingerprint density at radius 1 is 1.17 bits per heavy atom. The summed E-state index contributed by atoms with van der Waals surface area (Å²) in [4.78, 5) is 29.0. The third kappa shape index (κ3) is 8.31. The Hall–Kier alpha value is -2.77. The summed E-state index contributed by atoms with van der Waals surface area (Å²) >= 11 is 0. The van der Waals surface area contributed by atoms with Gasteiger partial charge in [0.15, 0.2) is 17.5 Å². The monoisotopic (exact) mass is 418 g/mol. The molecule has 0 unspecified atom stereocenters. The van der Waals surface area contributed by atoms with Gasteiger partial charge in [0.25, 0.3) is 0 Å². The van der Waals surface area contributed by atoms with Crippen LogP contribution in [0.4, 0.5) is 0 Å². The second-order valence-electron chi connectivity index (χ2n) is 8.16. The molecule has 2 amide bonds. The molecular formula is C22H34N4O4. The molecule has 0 radical (unpaired) electrons. The fourth-order valence-corrected chi connectivity index (χ4v) is 3.18. The summed E-state index contributed by atoms with van der Waals surface area (Å²) in [7, 11) is 3.10. The van der Waals surface area contributed by atoms with Crippen LogP contribution in [0.3, 0.4) is 0 Å². The predicted octanol–water partition coefficient (Wildman–Crippen LogP) is 2.01. The van der Waals surface area contributed by atoms with Gasteiger partial charge in [-0.3, -0.25) is 14.9 Å². The molecule has 1 aliphatic carbocycles. The number of guanidine groups is 1. The fourth-order valence-electron chi connectivity index (χ4n) is 3.18. The average molecular weight is 419 g/mol. The Morgan fingerprint density at radius 2 is 1.87 bits per heavy atom. The molecule has 1 fully saturated rings. The van der Waals surface area contributed by atoms with Crippen LogP contribution in [-0.2, 0) is 16.0 Å². The minimum Gasteiger partial charge on any atom is -0.493 e. The Balaban J connectivity index is 1.92. The molecule has 0 aliphatic heterocycles. The van der Waals surface area contributed by atoms with E-state index in [9.17, 15) is 9.59 Å². The summed E-state index contributed by atoms with van der Waals surface area (Å²) in [6.07, 6.45) is 3.47. The Kier molecular flexibility index (Phi) is 8.95. The minimum absolute atomic E-state index is 0.0271. The lowest BCUT2D eigenvalue weighted by molar-refractivity contribution is -0.121. The molecule has 0 aromatic heterocycles. The number of nitrogens with two attached hydrogens (primary N) is 1. The predicted molar refractivity (Wildman–Crippen MR) is 117 cm³/mol. The summed E-state index contributed by atoms with van der Waals surface area (Å²) in [6.45, 7) is 4.86. The van der Waals surface area contributed by atoms with Gasteiger partial charge in [-0.05, 0) is 48.8 Å². The van der Waals surface area contributed by atoms with Crippen molar-refractivity contribution in [3.05, 3.63) is 23.8 Å². The maximum absolute atomic E-state index is 12.4. The van der Waals surface area contributed by atoms with E-state index in [1.807, 2.05) is 0 Å². The number of nitrogens with zero attached hydrogens (tertiary/aromatic N) is 1. The van der Waals surface area contributed by atoms with Gasteiger partial charge in [0.2, 0.25) is 11.8 Å². The van der Waals surface area contributed by atoms with Crippen molar-refractivity contribution < 1.29 is 19.1 Å². The first kappa shape index (κ1) is 23.5. The Labute approximate surface area is 178 Å². The summed E-state index contributed by atoms with van der Waals surface area (Å²) in [5.74, 6) is 1.84. The first-order valence-corrected chi connectivity index (χ1v) is 10.4. The summed E-state index contributed by atoms with van der Waals surface area (Å²) in [5.41, 5.74) is 6.72. The third-order valence-electron chi connectivity index (χ3n) is 4.85. The summed E-state index contributed by atoms with van der Waals surface area (Å²) in [5, 5.41) is 5.57. The van der Waals surface area contributed by atoms with E-state index in [4.69, 9.17) is 15.2 Å². The molecule has 30 heavy (non-hydrogen) atoms. The van der Waals surface area contributed by atoms with E-state index >= 15 is 0 Å². The molecule has 1 saturated carbocycles. The van der Waals surface area contributed by atoms with E-state index in [2.05, 4.69) is 29.5 Å². The minimum atomic E-state index is -0.287. The number of methoxy groups -OCH3 is 2. The zero-order chi connectivity index (χ0) is 22.1. The van der Waals surface area contributed by atoms with Crippen molar-refractivity contribution in [2.45, 2.75) is 52.0 Å². The molecule has 1 aromatic carbocycles. The van der Waals surface area contributed by atoms with Gasteiger partial charge in [-0.25, -0.2) is 4.99 Å². The van der Waals surface area contributed by atoms with Crippen LogP contribution in [0.1, 0.15) is 45.1 Å². The summed E-state index contributed by atoms with van der Waals surface area (Å²) in [6, 6.07) is 5.01. The standard InChI is InChI=1S/C22H34N4O4/c1-14(2)9-17(12-20(27)24-13-15-5-6-15)25-22(23)26-21(28)11-16-7-8-18(29-3)19(10-16)30-4/h7-8,10,14-15,17H,5-6,9,11-13H2,1-4H3,(H,24,27)(H3,23,25,26,28)/t17-/m1/s1. The molecule has 1 aromatic rings. The zero-order valence-corrected chi connectivity index (χ0v) is 18.4. The molecule has 4 N–H and O–H groups in total. The number of carbonyl (C=O) groups is 2. The Bertz CT molecular complexity index is 760. The van der Waals surface area contributed by atoms with Crippen molar-refractivity contribution in [3.8, 4) is 11.5 Å². The number of benzene rings is 1. The number of nitrogens with one attached hydrogen (secondary N) is 2. The lowest BCUT2D eigenvalue weighted by Crippen LogP contribution is -2.39. The number of aliphatic imine (C=N–C) groups is 1. The number of hydrogen-bond donors (Lipinski definition) is 3. The number of amides is 2. The van der Waals surface area contributed by atoms with Gasteiger partial charge in [-0.1, -0.05) is 19.9 Å². The van der Waals surface area contributed by atoms with E-state index in [0.717, 1.165) is 12.1 Å². The number of ether oxygens (including phenoxy) is 2. The quantitative estimate of drug-likeness (QED) is 0.376. The van der Waals surface area contributed by atoms with Gasteiger partial charge < -0.3 is 20.5 Å². The fraction of sp³-hybridized carbons (Fsp3) is 0.591. The van der Waals surface area contributed by atoms with Crippen molar-refractivity contribution in [2.24, 2.45) is 22.6 Å². The number of carbonyl (C=O) groups excluding carboxylic acids is 2. The van der Waals surface area contributed by atoms with Crippen molar-refractivity contribution in [2.75, 3.05) is 20.8 Å². The molecule has 1 aliphatic rings. The largest absolute Gasteiger partial charge is 0.493 e. The van der Waals surface area contributed by atoms with Crippen LogP contribution in [-0.4, -0.2) is 44.6 Å². The zero-order valence-electron chi connectivity index (χ0n) is 18.4. The maximum atomic E-state index is 12.4. The molecule has 8 heteroatoms. The van der Waals surface area contributed by atoms with E-state index in [1.165, 1.54) is 12.8 Å². The van der Waals surface area contributed by atoms with E-state index in [-0.39, 0.29) is 36.7 Å². The maximum Gasteiger partial charge on any atom is 0.231 e. The lowest BCUT2D eigenvalue weighted by atomic mass is 10.0. The number of rotatable bonds is 11. The normalized spacial score (nSPS) is 14.9. The van der Waals surface area contributed by atoms with Crippen LogP contribution in [0.25, 0.3) is 0 Å². The molecule has 2 rings (SSSR count). The van der Waals surface area contributed by atoms with E-state index < -0.39 is 0 Å². The first-order valence-electron chi connectivity index (χ1n) is 10.4. The Morgan fingerprint density at radius 3 is 2.47 bits per heavy atom. The highest BCUT2D eigenvalue weighted by Gasteiger charge is 2.23. The third-order valence-corrected chi connectivity index (χ3v) is 4.85. The van der Waals surface area contributed by atoms with Crippen LogP contribution in [0.5, 0.6) is 11.5 Å².